The lowest BCUT2D eigenvalue weighted by atomic mass is 10.2. The van der Waals surface area contributed by atoms with Crippen LogP contribution in [0.15, 0.2) is 24.4 Å². The molecule has 0 fully saturated rings. The van der Waals surface area contributed by atoms with Crippen LogP contribution in [0.3, 0.4) is 0 Å². The molecule has 0 aliphatic rings. The van der Waals surface area contributed by atoms with Gasteiger partial charge in [0, 0.05) is 16.6 Å². The van der Waals surface area contributed by atoms with Crippen LogP contribution in [0.2, 0.25) is 0 Å². The topological polar surface area (TPSA) is 12.9 Å². The molecule has 1 aromatic carbocycles. The van der Waals surface area contributed by atoms with Gasteiger partial charge in [0.25, 0.3) is 0 Å². The third-order valence-corrected chi connectivity index (χ3v) is 3.61. The predicted octanol–water partition coefficient (Wildman–Crippen LogP) is 4.21. The normalized spacial score (nSPS) is 11.1. The number of thiazole rings is 1. The molecule has 0 N–H and O–H groups in total. The molecule has 1 aromatic heterocycles. The molecule has 2 aromatic rings. The Morgan fingerprint density at radius 2 is 1.94 bits per heavy atom. The highest BCUT2D eigenvalue weighted by Crippen LogP contribution is 2.29. The maximum atomic E-state index is 13.0. The molecule has 2 rings (SSSR count). The van der Waals surface area contributed by atoms with E-state index in [0.717, 1.165) is 16.0 Å². The zero-order chi connectivity index (χ0) is 11.7. The molecule has 0 atom stereocenters. The van der Waals surface area contributed by atoms with E-state index in [0.29, 0.717) is 11.5 Å². The van der Waals surface area contributed by atoms with Crippen LogP contribution in [-0.2, 0) is 0 Å². The number of hydrogen-bond donors (Lipinski definition) is 0. The van der Waals surface area contributed by atoms with Crippen molar-refractivity contribution in [2.45, 2.75) is 19.8 Å². The molecule has 0 aliphatic heterocycles. The SMILES string of the molecule is CC(C)c1cnc(-c2ccc(F)c(F)c2)s1. The molecule has 0 saturated carbocycles. The first-order chi connectivity index (χ1) is 7.58. The molecule has 0 saturated heterocycles. The van der Waals surface area contributed by atoms with Crippen molar-refractivity contribution in [2.24, 2.45) is 0 Å². The Morgan fingerprint density at radius 3 is 2.50 bits per heavy atom. The van der Waals surface area contributed by atoms with Crippen LogP contribution in [0.1, 0.15) is 24.6 Å². The van der Waals surface area contributed by atoms with Gasteiger partial charge in [-0.3, -0.25) is 0 Å². The highest BCUT2D eigenvalue weighted by Gasteiger charge is 2.09. The smallest absolute Gasteiger partial charge is 0.159 e. The third-order valence-electron chi connectivity index (χ3n) is 2.26. The maximum Gasteiger partial charge on any atom is 0.159 e. The summed E-state index contributed by atoms with van der Waals surface area (Å²) in [5.41, 5.74) is 0.621. The van der Waals surface area contributed by atoms with Crippen LogP contribution in [0.4, 0.5) is 8.78 Å². The summed E-state index contributed by atoms with van der Waals surface area (Å²) in [5.74, 6) is -1.26. The Hall–Kier alpha value is -1.29. The summed E-state index contributed by atoms with van der Waals surface area (Å²) in [7, 11) is 0. The van der Waals surface area contributed by atoms with Crippen molar-refractivity contribution < 1.29 is 8.78 Å². The van der Waals surface area contributed by atoms with E-state index in [9.17, 15) is 8.78 Å². The Morgan fingerprint density at radius 1 is 1.19 bits per heavy atom. The summed E-state index contributed by atoms with van der Waals surface area (Å²) in [4.78, 5) is 5.35. The molecule has 0 radical (unpaired) electrons. The van der Waals surface area contributed by atoms with Crippen LogP contribution in [0, 0.1) is 11.6 Å². The van der Waals surface area contributed by atoms with Gasteiger partial charge in [0.15, 0.2) is 11.6 Å². The zero-order valence-corrected chi connectivity index (χ0v) is 9.81. The predicted molar refractivity (Wildman–Crippen MR) is 61.6 cm³/mol. The van der Waals surface area contributed by atoms with Gasteiger partial charge in [-0.1, -0.05) is 13.8 Å². The largest absolute Gasteiger partial charge is 0.244 e. The zero-order valence-electron chi connectivity index (χ0n) is 9.00. The number of nitrogens with zero attached hydrogens (tertiary/aromatic N) is 1. The number of hydrogen-bond acceptors (Lipinski definition) is 2. The molecule has 16 heavy (non-hydrogen) atoms. The van der Waals surface area contributed by atoms with Crippen LogP contribution < -0.4 is 0 Å². The van der Waals surface area contributed by atoms with Gasteiger partial charge in [-0.15, -0.1) is 11.3 Å². The van der Waals surface area contributed by atoms with Crippen LogP contribution in [0.5, 0.6) is 0 Å². The summed E-state index contributed by atoms with van der Waals surface area (Å²) in [6, 6.07) is 3.85. The molecule has 4 heteroatoms. The minimum absolute atomic E-state index is 0.400. The van der Waals surface area contributed by atoms with Crippen molar-refractivity contribution in [3.05, 3.63) is 40.9 Å². The second-order valence-electron chi connectivity index (χ2n) is 3.85. The van der Waals surface area contributed by atoms with Gasteiger partial charge >= 0.3 is 0 Å². The van der Waals surface area contributed by atoms with Gasteiger partial charge in [0.1, 0.15) is 5.01 Å². The lowest BCUT2D eigenvalue weighted by molar-refractivity contribution is 0.509. The summed E-state index contributed by atoms with van der Waals surface area (Å²) in [6.45, 7) is 4.14. The second kappa shape index (κ2) is 4.29. The van der Waals surface area contributed by atoms with Crippen molar-refractivity contribution in [1.82, 2.24) is 4.98 Å². The molecule has 0 spiro atoms. The molecular formula is C12H11F2NS. The van der Waals surface area contributed by atoms with Gasteiger partial charge in [0.05, 0.1) is 0 Å². The number of aromatic nitrogens is 1. The fraction of sp³-hybridized carbons (Fsp3) is 0.250. The number of benzene rings is 1. The van der Waals surface area contributed by atoms with Gasteiger partial charge in [-0.2, -0.15) is 0 Å². The van der Waals surface area contributed by atoms with Crippen molar-refractivity contribution in [2.75, 3.05) is 0 Å². The Kier molecular flexibility index (Phi) is 3.01. The molecule has 0 aliphatic carbocycles. The monoisotopic (exact) mass is 239 g/mol. The third kappa shape index (κ3) is 2.11. The summed E-state index contributed by atoms with van der Waals surface area (Å²) in [5, 5.41) is 0.725. The maximum absolute atomic E-state index is 13.0. The van der Waals surface area contributed by atoms with Crippen LogP contribution in [-0.4, -0.2) is 4.98 Å². The Balaban J connectivity index is 2.39. The van der Waals surface area contributed by atoms with E-state index in [4.69, 9.17) is 0 Å². The number of rotatable bonds is 2. The van der Waals surface area contributed by atoms with Crippen LogP contribution in [0.25, 0.3) is 10.6 Å². The average molecular weight is 239 g/mol. The molecule has 1 heterocycles. The van der Waals surface area contributed by atoms with Gasteiger partial charge in [-0.25, -0.2) is 13.8 Å². The fourth-order valence-corrected chi connectivity index (χ4v) is 2.23. The van der Waals surface area contributed by atoms with E-state index in [1.54, 1.807) is 12.3 Å². The Labute approximate surface area is 96.8 Å². The summed E-state index contributed by atoms with van der Waals surface area (Å²) < 4.78 is 25.8. The van der Waals surface area contributed by atoms with Crippen molar-refractivity contribution in [3.63, 3.8) is 0 Å². The minimum atomic E-state index is -0.834. The van der Waals surface area contributed by atoms with E-state index in [2.05, 4.69) is 18.8 Å². The van der Waals surface area contributed by atoms with E-state index < -0.39 is 11.6 Å². The first-order valence-electron chi connectivity index (χ1n) is 4.99. The lowest BCUT2D eigenvalue weighted by Crippen LogP contribution is -1.84. The molecule has 0 amide bonds. The first kappa shape index (κ1) is 11.2. The Bertz CT molecular complexity index is 505. The van der Waals surface area contributed by atoms with Gasteiger partial charge in [-0.05, 0) is 24.1 Å². The average Bonchev–Trinajstić information content (AvgIpc) is 2.71. The van der Waals surface area contributed by atoms with Crippen molar-refractivity contribution in [3.8, 4) is 10.6 Å². The quantitative estimate of drug-likeness (QED) is 0.765. The first-order valence-corrected chi connectivity index (χ1v) is 5.80. The van der Waals surface area contributed by atoms with E-state index >= 15 is 0 Å². The second-order valence-corrected chi connectivity index (χ2v) is 4.91. The minimum Gasteiger partial charge on any atom is -0.244 e. The molecule has 0 unspecified atom stereocenters. The molecule has 0 bridgehead atoms. The fourth-order valence-electron chi connectivity index (χ4n) is 1.32. The van der Waals surface area contributed by atoms with E-state index in [-0.39, 0.29) is 0 Å². The lowest BCUT2D eigenvalue weighted by Gasteiger charge is -1.98. The highest BCUT2D eigenvalue weighted by atomic mass is 32.1. The van der Waals surface area contributed by atoms with Crippen molar-refractivity contribution in [1.29, 1.82) is 0 Å². The molecular weight excluding hydrogens is 228 g/mol. The summed E-state index contributed by atoms with van der Waals surface area (Å²) >= 11 is 1.51. The highest BCUT2D eigenvalue weighted by molar-refractivity contribution is 7.15. The molecule has 1 nitrogen and oxygen atoms in total. The van der Waals surface area contributed by atoms with Gasteiger partial charge in [0.2, 0.25) is 0 Å². The molecule has 84 valence electrons. The standard InChI is InChI=1S/C12H11F2NS/c1-7(2)11-6-15-12(16-11)8-3-4-9(13)10(14)5-8/h3-7H,1-2H3. The summed E-state index contributed by atoms with van der Waals surface area (Å²) in [6.07, 6.45) is 1.78. The van der Waals surface area contributed by atoms with E-state index in [1.165, 1.54) is 17.4 Å². The van der Waals surface area contributed by atoms with Gasteiger partial charge < -0.3 is 0 Å². The van der Waals surface area contributed by atoms with Crippen molar-refractivity contribution >= 4 is 11.3 Å². The van der Waals surface area contributed by atoms with Crippen LogP contribution >= 0.6 is 11.3 Å². The van der Waals surface area contributed by atoms with E-state index in [1.807, 2.05) is 0 Å². The number of halogens is 2.